The van der Waals surface area contributed by atoms with E-state index in [0.29, 0.717) is 5.92 Å². The van der Waals surface area contributed by atoms with Gasteiger partial charge in [-0.3, -0.25) is 4.79 Å². The maximum Gasteiger partial charge on any atom is 0.259 e. The molecule has 106 valence electrons. The van der Waals surface area contributed by atoms with Crippen LogP contribution in [0.15, 0.2) is 24.3 Å². The van der Waals surface area contributed by atoms with Gasteiger partial charge in [-0.05, 0) is 30.2 Å². The van der Waals surface area contributed by atoms with Crippen molar-refractivity contribution in [2.75, 3.05) is 27.2 Å². The largest absolute Gasteiger partial charge is 0.484 e. The minimum absolute atomic E-state index is 0.0386. The normalized spacial score (nSPS) is 10.6. The van der Waals surface area contributed by atoms with E-state index < -0.39 is 0 Å². The summed E-state index contributed by atoms with van der Waals surface area (Å²) in [6.45, 7) is 6.25. The van der Waals surface area contributed by atoms with Gasteiger partial charge in [0, 0.05) is 20.6 Å². The molecule has 1 amide bonds. The Morgan fingerprint density at radius 3 is 2.74 bits per heavy atom. The van der Waals surface area contributed by atoms with Crippen LogP contribution in [0.5, 0.6) is 5.75 Å². The van der Waals surface area contributed by atoms with Crippen LogP contribution in [0.25, 0.3) is 0 Å². The molecule has 1 rings (SSSR count). The van der Waals surface area contributed by atoms with Crippen molar-refractivity contribution < 1.29 is 9.53 Å². The first-order valence-electron chi connectivity index (χ1n) is 6.61. The molecule has 0 spiro atoms. The first kappa shape index (κ1) is 15.5. The summed E-state index contributed by atoms with van der Waals surface area (Å²) in [6, 6.07) is 7.83. The van der Waals surface area contributed by atoms with Crippen molar-refractivity contribution in [1.82, 2.24) is 10.2 Å². The zero-order valence-electron chi connectivity index (χ0n) is 12.3. The molecule has 1 aromatic rings. The summed E-state index contributed by atoms with van der Waals surface area (Å²) in [5.41, 5.74) is 1.16. The van der Waals surface area contributed by atoms with Gasteiger partial charge in [-0.1, -0.05) is 26.0 Å². The summed E-state index contributed by atoms with van der Waals surface area (Å²) in [4.78, 5) is 13.0. The average Bonchev–Trinajstić information content (AvgIpc) is 2.36. The number of amides is 1. The lowest BCUT2D eigenvalue weighted by molar-refractivity contribution is -0.130. The maximum atomic E-state index is 11.4. The molecule has 0 aromatic heterocycles. The van der Waals surface area contributed by atoms with E-state index in [1.165, 1.54) is 4.90 Å². The Kier molecular flexibility index (Phi) is 6.36. The van der Waals surface area contributed by atoms with Crippen molar-refractivity contribution in [2.45, 2.75) is 20.4 Å². The quantitative estimate of drug-likeness (QED) is 0.818. The fourth-order valence-corrected chi connectivity index (χ4v) is 1.52. The van der Waals surface area contributed by atoms with E-state index in [4.69, 9.17) is 4.74 Å². The van der Waals surface area contributed by atoms with E-state index >= 15 is 0 Å². The first-order chi connectivity index (χ1) is 8.99. The number of likely N-dealkylation sites (N-methyl/N-ethyl adjacent to an activating group) is 1. The molecule has 0 fully saturated rings. The summed E-state index contributed by atoms with van der Waals surface area (Å²) in [5.74, 6) is 1.33. The SMILES string of the molecule is CC(C)CNCc1cccc(OCC(=O)N(C)C)c1. The molecule has 0 atom stereocenters. The van der Waals surface area contributed by atoms with Crippen LogP contribution in [-0.2, 0) is 11.3 Å². The van der Waals surface area contributed by atoms with Gasteiger partial charge >= 0.3 is 0 Å². The molecular weight excluding hydrogens is 240 g/mol. The number of nitrogens with zero attached hydrogens (tertiary/aromatic N) is 1. The smallest absolute Gasteiger partial charge is 0.259 e. The van der Waals surface area contributed by atoms with Gasteiger partial charge in [0.1, 0.15) is 5.75 Å². The summed E-state index contributed by atoms with van der Waals surface area (Å²) < 4.78 is 5.48. The van der Waals surface area contributed by atoms with E-state index in [1.54, 1.807) is 14.1 Å². The minimum Gasteiger partial charge on any atom is -0.484 e. The van der Waals surface area contributed by atoms with Crippen LogP contribution in [0.4, 0.5) is 0 Å². The number of hydrogen-bond donors (Lipinski definition) is 1. The van der Waals surface area contributed by atoms with Crippen LogP contribution in [0.1, 0.15) is 19.4 Å². The van der Waals surface area contributed by atoms with Crippen LogP contribution >= 0.6 is 0 Å². The Labute approximate surface area is 115 Å². The third kappa shape index (κ3) is 6.25. The van der Waals surface area contributed by atoms with Crippen LogP contribution in [-0.4, -0.2) is 38.1 Å². The van der Waals surface area contributed by atoms with Crippen LogP contribution < -0.4 is 10.1 Å². The third-order valence-corrected chi connectivity index (χ3v) is 2.64. The lowest BCUT2D eigenvalue weighted by Crippen LogP contribution is -2.27. The topological polar surface area (TPSA) is 41.6 Å². The molecule has 1 N–H and O–H groups in total. The Morgan fingerprint density at radius 1 is 1.37 bits per heavy atom. The minimum atomic E-state index is -0.0386. The zero-order chi connectivity index (χ0) is 14.3. The number of carbonyl (C=O) groups excluding carboxylic acids is 1. The lowest BCUT2D eigenvalue weighted by Gasteiger charge is -2.12. The van der Waals surface area contributed by atoms with Gasteiger partial charge in [-0.15, -0.1) is 0 Å². The molecule has 4 nitrogen and oxygen atoms in total. The highest BCUT2D eigenvalue weighted by atomic mass is 16.5. The van der Waals surface area contributed by atoms with Gasteiger partial charge in [0.05, 0.1) is 0 Å². The predicted octanol–water partition coefficient (Wildman–Crippen LogP) is 1.90. The highest BCUT2D eigenvalue weighted by Gasteiger charge is 2.05. The van der Waals surface area contributed by atoms with Gasteiger partial charge in [0.15, 0.2) is 6.61 Å². The molecule has 0 radical (unpaired) electrons. The Balaban J connectivity index is 2.45. The summed E-state index contributed by atoms with van der Waals surface area (Å²) in [6.07, 6.45) is 0. The highest BCUT2D eigenvalue weighted by molar-refractivity contribution is 5.77. The summed E-state index contributed by atoms with van der Waals surface area (Å²) in [7, 11) is 3.44. The third-order valence-electron chi connectivity index (χ3n) is 2.64. The number of benzene rings is 1. The van der Waals surface area contributed by atoms with Gasteiger partial charge in [0.25, 0.3) is 5.91 Å². The van der Waals surface area contributed by atoms with Crippen molar-refractivity contribution >= 4 is 5.91 Å². The van der Waals surface area contributed by atoms with Crippen LogP contribution in [0.3, 0.4) is 0 Å². The molecule has 19 heavy (non-hydrogen) atoms. The second-order valence-electron chi connectivity index (χ2n) is 5.25. The number of nitrogens with one attached hydrogen (secondary N) is 1. The van der Waals surface area contributed by atoms with Crippen LogP contribution in [0, 0.1) is 5.92 Å². The van der Waals surface area contributed by atoms with Gasteiger partial charge in [-0.2, -0.15) is 0 Å². The van der Waals surface area contributed by atoms with Crippen molar-refractivity contribution in [3.05, 3.63) is 29.8 Å². The van der Waals surface area contributed by atoms with E-state index in [-0.39, 0.29) is 12.5 Å². The van der Waals surface area contributed by atoms with Gasteiger partial charge < -0.3 is 15.0 Å². The van der Waals surface area contributed by atoms with Crippen molar-refractivity contribution in [3.8, 4) is 5.75 Å². The molecular formula is C15H24N2O2. The molecule has 0 saturated carbocycles. The second kappa shape index (κ2) is 7.79. The maximum absolute atomic E-state index is 11.4. The molecule has 0 aliphatic rings. The van der Waals surface area contributed by atoms with Crippen molar-refractivity contribution in [2.24, 2.45) is 5.92 Å². The van der Waals surface area contributed by atoms with Crippen LogP contribution in [0.2, 0.25) is 0 Å². The van der Waals surface area contributed by atoms with E-state index in [0.717, 1.165) is 24.4 Å². The van der Waals surface area contributed by atoms with Crippen molar-refractivity contribution in [3.63, 3.8) is 0 Å². The Morgan fingerprint density at radius 2 is 2.11 bits per heavy atom. The van der Waals surface area contributed by atoms with Crippen molar-refractivity contribution in [1.29, 1.82) is 0 Å². The van der Waals surface area contributed by atoms with Gasteiger partial charge in [0.2, 0.25) is 0 Å². The Hall–Kier alpha value is -1.55. The number of ether oxygens (including phenoxy) is 1. The first-order valence-corrected chi connectivity index (χ1v) is 6.61. The second-order valence-corrected chi connectivity index (χ2v) is 5.25. The highest BCUT2D eigenvalue weighted by Crippen LogP contribution is 2.13. The lowest BCUT2D eigenvalue weighted by atomic mass is 10.2. The fourth-order valence-electron chi connectivity index (χ4n) is 1.52. The molecule has 0 saturated heterocycles. The zero-order valence-corrected chi connectivity index (χ0v) is 12.3. The number of rotatable bonds is 7. The van der Waals surface area contributed by atoms with E-state index in [2.05, 4.69) is 19.2 Å². The number of hydrogen-bond acceptors (Lipinski definition) is 3. The van der Waals surface area contributed by atoms with E-state index in [1.807, 2.05) is 24.3 Å². The summed E-state index contributed by atoms with van der Waals surface area (Å²) >= 11 is 0. The number of carbonyl (C=O) groups is 1. The molecule has 1 aromatic carbocycles. The molecule has 0 bridgehead atoms. The van der Waals surface area contributed by atoms with E-state index in [9.17, 15) is 4.79 Å². The molecule has 4 heteroatoms. The molecule has 0 aliphatic carbocycles. The predicted molar refractivity (Wildman–Crippen MR) is 77.2 cm³/mol. The summed E-state index contributed by atoms with van der Waals surface area (Å²) in [5, 5.41) is 3.38. The monoisotopic (exact) mass is 264 g/mol. The Bertz CT molecular complexity index is 403. The molecule has 0 aliphatic heterocycles. The van der Waals surface area contributed by atoms with Gasteiger partial charge in [-0.25, -0.2) is 0 Å². The molecule has 0 unspecified atom stereocenters. The molecule has 0 heterocycles. The fraction of sp³-hybridized carbons (Fsp3) is 0.533. The average molecular weight is 264 g/mol. The standard InChI is InChI=1S/C15H24N2O2/c1-12(2)9-16-10-13-6-5-7-14(8-13)19-11-15(18)17(3)4/h5-8,12,16H,9-11H2,1-4H3.